The molecule has 2 heterocycles. The number of benzene rings is 2. The number of nitrogens with zero attached hydrogens (tertiary/aromatic N) is 3. The normalized spacial score (nSPS) is 17.3. The minimum atomic E-state index is 0.508. The van der Waals surface area contributed by atoms with Gasteiger partial charge in [0.15, 0.2) is 0 Å². The first kappa shape index (κ1) is 16.6. The van der Waals surface area contributed by atoms with Gasteiger partial charge in [-0.1, -0.05) is 42.5 Å². The van der Waals surface area contributed by atoms with E-state index in [1.807, 2.05) is 24.3 Å². The molecule has 0 spiro atoms. The van der Waals surface area contributed by atoms with Crippen molar-refractivity contribution in [3.8, 4) is 17.2 Å². The number of likely N-dealkylation sites (tertiary alicyclic amines) is 1. The number of hydrogen-bond donors (Lipinski definition) is 0. The lowest BCUT2D eigenvalue weighted by Gasteiger charge is -2.25. The topological polar surface area (TPSA) is 32.0 Å². The van der Waals surface area contributed by atoms with Crippen LogP contribution in [0.3, 0.4) is 0 Å². The van der Waals surface area contributed by atoms with Gasteiger partial charge in [-0.2, -0.15) is 5.26 Å². The van der Waals surface area contributed by atoms with Gasteiger partial charge in [-0.15, -0.1) is 0 Å². The smallest absolute Gasteiger partial charge is 0.0998 e. The summed E-state index contributed by atoms with van der Waals surface area (Å²) in [4.78, 5) is 2.58. The molecule has 1 aromatic heterocycles. The molecule has 26 heavy (non-hydrogen) atoms. The van der Waals surface area contributed by atoms with Crippen molar-refractivity contribution in [3.05, 3.63) is 83.7 Å². The average Bonchev–Trinajstić information content (AvgIpc) is 3.30. The Balaban J connectivity index is 1.53. The van der Waals surface area contributed by atoms with E-state index in [9.17, 15) is 5.26 Å². The summed E-state index contributed by atoms with van der Waals surface area (Å²) < 4.78 is 2.24. The lowest BCUT2D eigenvalue weighted by Crippen LogP contribution is -2.24. The zero-order valence-corrected chi connectivity index (χ0v) is 15.1. The molecule has 3 heteroatoms. The van der Waals surface area contributed by atoms with Crippen molar-refractivity contribution in [1.29, 1.82) is 5.26 Å². The van der Waals surface area contributed by atoms with Gasteiger partial charge < -0.3 is 4.57 Å². The van der Waals surface area contributed by atoms with Crippen molar-refractivity contribution in [3.63, 3.8) is 0 Å². The Morgan fingerprint density at radius 3 is 2.58 bits per heavy atom. The SMILES string of the molecule is Cn1cccc1C1CCCN1Cc1ccc(-c2ccccc2C#N)cc1. The lowest BCUT2D eigenvalue weighted by atomic mass is 9.99. The number of hydrogen-bond acceptors (Lipinski definition) is 2. The summed E-state index contributed by atoms with van der Waals surface area (Å²) >= 11 is 0. The fourth-order valence-electron chi connectivity index (χ4n) is 4.03. The van der Waals surface area contributed by atoms with Gasteiger partial charge in [0.05, 0.1) is 17.7 Å². The average molecular weight is 341 g/mol. The molecule has 1 saturated heterocycles. The first-order chi connectivity index (χ1) is 12.8. The van der Waals surface area contributed by atoms with E-state index in [4.69, 9.17) is 0 Å². The van der Waals surface area contributed by atoms with Crippen LogP contribution < -0.4 is 0 Å². The maximum atomic E-state index is 9.31. The molecule has 0 aliphatic carbocycles. The Morgan fingerprint density at radius 1 is 1.04 bits per heavy atom. The van der Waals surface area contributed by atoms with E-state index >= 15 is 0 Å². The van der Waals surface area contributed by atoms with Crippen LogP contribution in [0.25, 0.3) is 11.1 Å². The predicted octanol–water partition coefficient (Wildman–Crippen LogP) is 4.90. The van der Waals surface area contributed by atoms with Crippen LogP contribution in [0.1, 0.15) is 35.7 Å². The third kappa shape index (κ3) is 3.16. The molecule has 0 amide bonds. The highest BCUT2D eigenvalue weighted by atomic mass is 15.2. The van der Waals surface area contributed by atoms with Crippen LogP contribution in [0.2, 0.25) is 0 Å². The van der Waals surface area contributed by atoms with E-state index in [-0.39, 0.29) is 0 Å². The highest BCUT2D eigenvalue weighted by Crippen LogP contribution is 2.33. The van der Waals surface area contributed by atoms with Crippen LogP contribution in [0.4, 0.5) is 0 Å². The highest BCUT2D eigenvalue weighted by Gasteiger charge is 2.27. The third-order valence-electron chi connectivity index (χ3n) is 5.39. The zero-order chi connectivity index (χ0) is 17.9. The summed E-state index contributed by atoms with van der Waals surface area (Å²) in [5.41, 5.74) is 5.56. The van der Waals surface area contributed by atoms with Gasteiger partial charge >= 0.3 is 0 Å². The first-order valence-electron chi connectivity index (χ1n) is 9.20. The quantitative estimate of drug-likeness (QED) is 0.676. The molecule has 1 atom stereocenters. The summed E-state index contributed by atoms with van der Waals surface area (Å²) in [6, 6.07) is 23.6. The van der Waals surface area contributed by atoms with Crippen LogP contribution >= 0.6 is 0 Å². The molecular formula is C23H23N3. The Kier molecular flexibility index (Phi) is 4.60. The van der Waals surface area contributed by atoms with Crippen molar-refractivity contribution in [2.24, 2.45) is 7.05 Å². The van der Waals surface area contributed by atoms with Crippen molar-refractivity contribution < 1.29 is 0 Å². The molecule has 130 valence electrons. The number of rotatable bonds is 4. The fourth-order valence-corrected chi connectivity index (χ4v) is 4.03. The molecule has 0 saturated carbocycles. The Hall–Kier alpha value is -2.83. The number of nitriles is 1. The van der Waals surface area contributed by atoms with Gasteiger partial charge in [0.1, 0.15) is 0 Å². The van der Waals surface area contributed by atoms with E-state index < -0.39 is 0 Å². The summed E-state index contributed by atoms with van der Waals surface area (Å²) in [6.07, 6.45) is 4.61. The van der Waals surface area contributed by atoms with Crippen molar-refractivity contribution in [2.45, 2.75) is 25.4 Å². The largest absolute Gasteiger partial charge is 0.353 e. The Bertz CT molecular complexity index is 931. The monoisotopic (exact) mass is 341 g/mol. The van der Waals surface area contributed by atoms with E-state index in [2.05, 4.69) is 65.2 Å². The summed E-state index contributed by atoms with van der Waals surface area (Å²) in [7, 11) is 2.13. The van der Waals surface area contributed by atoms with E-state index in [1.54, 1.807) is 0 Å². The van der Waals surface area contributed by atoms with Crippen molar-refractivity contribution in [1.82, 2.24) is 9.47 Å². The van der Waals surface area contributed by atoms with Crippen LogP contribution in [0.15, 0.2) is 66.9 Å². The Morgan fingerprint density at radius 2 is 1.85 bits per heavy atom. The predicted molar refractivity (Wildman–Crippen MR) is 104 cm³/mol. The standard InChI is InChI=1S/C23H23N3/c1-25-14-4-8-22(25)23-9-5-15-26(23)17-18-10-12-19(13-11-18)21-7-3-2-6-20(21)16-24/h2-4,6-8,10-14,23H,5,9,15,17H2,1H3. The summed E-state index contributed by atoms with van der Waals surface area (Å²) in [5, 5.41) is 9.31. The number of aryl methyl sites for hydroxylation is 1. The van der Waals surface area contributed by atoms with E-state index in [0.29, 0.717) is 6.04 Å². The number of aromatic nitrogens is 1. The van der Waals surface area contributed by atoms with Gasteiger partial charge in [0.2, 0.25) is 0 Å². The molecule has 0 bridgehead atoms. The van der Waals surface area contributed by atoms with Gasteiger partial charge in [0, 0.05) is 25.5 Å². The van der Waals surface area contributed by atoms with Crippen LogP contribution in [-0.4, -0.2) is 16.0 Å². The van der Waals surface area contributed by atoms with Crippen molar-refractivity contribution >= 4 is 0 Å². The second kappa shape index (κ2) is 7.19. The molecule has 0 radical (unpaired) electrons. The molecule has 1 fully saturated rings. The van der Waals surface area contributed by atoms with Gasteiger partial charge in [-0.05, 0) is 54.3 Å². The van der Waals surface area contributed by atoms with Crippen LogP contribution in [-0.2, 0) is 13.6 Å². The molecular weight excluding hydrogens is 318 g/mol. The minimum Gasteiger partial charge on any atom is -0.353 e. The summed E-state index contributed by atoms with van der Waals surface area (Å²) in [6.45, 7) is 2.12. The molecule has 1 unspecified atom stereocenters. The molecule has 3 nitrogen and oxygen atoms in total. The highest BCUT2D eigenvalue weighted by molar-refractivity contribution is 5.70. The minimum absolute atomic E-state index is 0.508. The molecule has 0 N–H and O–H groups in total. The van der Waals surface area contributed by atoms with Gasteiger partial charge in [-0.25, -0.2) is 0 Å². The fraction of sp³-hybridized carbons (Fsp3) is 0.261. The molecule has 2 aromatic carbocycles. The second-order valence-electron chi connectivity index (χ2n) is 7.03. The van der Waals surface area contributed by atoms with Crippen LogP contribution in [0, 0.1) is 11.3 Å². The summed E-state index contributed by atoms with van der Waals surface area (Å²) in [5.74, 6) is 0. The van der Waals surface area contributed by atoms with Crippen LogP contribution in [0.5, 0.6) is 0 Å². The molecule has 3 aromatic rings. The van der Waals surface area contributed by atoms with Gasteiger partial charge in [0.25, 0.3) is 0 Å². The van der Waals surface area contributed by atoms with E-state index in [1.165, 1.54) is 24.1 Å². The second-order valence-corrected chi connectivity index (χ2v) is 7.03. The maximum absolute atomic E-state index is 9.31. The maximum Gasteiger partial charge on any atom is 0.0998 e. The zero-order valence-electron chi connectivity index (χ0n) is 15.1. The lowest BCUT2D eigenvalue weighted by molar-refractivity contribution is 0.241. The first-order valence-corrected chi connectivity index (χ1v) is 9.20. The third-order valence-corrected chi connectivity index (χ3v) is 5.39. The molecule has 4 rings (SSSR count). The molecule has 1 aliphatic heterocycles. The molecule has 1 aliphatic rings. The Labute approximate surface area is 155 Å². The van der Waals surface area contributed by atoms with E-state index in [0.717, 1.165) is 29.8 Å². The van der Waals surface area contributed by atoms with Gasteiger partial charge in [-0.3, -0.25) is 4.90 Å². The van der Waals surface area contributed by atoms with Crippen molar-refractivity contribution in [2.75, 3.05) is 6.54 Å².